The van der Waals surface area contributed by atoms with Crippen LogP contribution in [0.3, 0.4) is 0 Å². The molecule has 2 rings (SSSR count). The fourth-order valence-corrected chi connectivity index (χ4v) is 2.05. The van der Waals surface area contributed by atoms with Crippen LogP contribution in [0.25, 0.3) is 0 Å². The quantitative estimate of drug-likeness (QED) is 0.672. The van der Waals surface area contributed by atoms with Crippen molar-refractivity contribution in [1.82, 2.24) is 0 Å². The van der Waals surface area contributed by atoms with Crippen LogP contribution >= 0.6 is 0 Å². The van der Waals surface area contributed by atoms with Gasteiger partial charge in [-0.25, -0.2) is 0 Å². The zero-order valence-corrected chi connectivity index (χ0v) is 11.8. The van der Waals surface area contributed by atoms with Crippen molar-refractivity contribution in [2.75, 3.05) is 7.11 Å². The molecule has 2 aromatic carbocycles. The number of nitrogens with two attached hydrogens (primary N) is 1. The molecule has 0 spiro atoms. The van der Waals surface area contributed by atoms with Gasteiger partial charge in [-0.3, -0.25) is 10.1 Å². The van der Waals surface area contributed by atoms with Gasteiger partial charge in [-0.05, 0) is 25.1 Å². The third kappa shape index (κ3) is 3.11. The van der Waals surface area contributed by atoms with Gasteiger partial charge in [0, 0.05) is 12.1 Å². The Balaban J connectivity index is 2.48. The number of nitrogens with zero attached hydrogens (tertiary/aromatic N) is 1. The van der Waals surface area contributed by atoms with Crippen molar-refractivity contribution in [2.24, 2.45) is 5.73 Å². The first-order valence-electron chi connectivity index (χ1n) is 6.38. The Hall–Kier alpha value is -2.60. The second-order valence-electron chi connectivity index (χ2n) is 4.49. The van der Waals surface area contributed by atoms with Gasteiger partial charge >= 0.3 is 5.69 Å². The Labute approximate surface area is 122 Å². The Morgan fingerprint density at radius 2 is 1.71 bits per heavy atom. The average molecular weight is 288 g/mol. The van der Waals surface area contributed by atoms with Crippen molar-refractivity contribution in [3.63, 3.8) is 0 Å². The van der Waals surface area contributed by atoms with Crippen LogP contribution in [0, 0.1) is 10.1 Å². The maximum atomic E-state index is 11.0. The molecule has 110 valence electrons. The van der Waals surface area contributed by atoms with Crippen LogP contribution in [-0.4, -0.2) is 12.0 Å². The number of methoxy groups -OCH3 is 1. The van der Waals surface area contributed by atoms with E-state index in [0.29, 0.717) is 17.1 Å². The topological polar surface area (TPSA) is 87.6 Å². The third-order valence-corrected chi connectivity index (χ3v) is 2.98. The van der Waals surface area contributed by atoms with Crippen LogP contribution in [0.2, 0.25) is 0 Å². The van der Waals surface area contributed by atoms with Crippen molar-refractivity contribution < 1.29 is 14.4 Å². The summed E-state index contributed by atoms with van der Waals surface area (Å²) in [4.78, 5) is 10.5. The van der Waals surface area contributed by atoms with Gasteiger partial charge in [0.05, 0.1) is 17.6 Å². The highest BCUT2D eigenvalue weighted by Gasteiger charge is 2.19. The molecule has 6 nitrogen and oxygen atoms in total. The summed E-state index contributed by atoms with van der Waals surface area (Å²) in [6, 6.07) is 11.1. The lowest BCUT2D eigenvalue weighted by molar-refractivity contribution is -0.385. The summed E-state index contributed by atoms with van der Waals surface area (Å²) in [5.74, 6) is 1.19. The fraction of sp³-hybridized carbons (Fsp3) is 0.200. The summed E-state index contributed by atoms with van der Waals surface area (Å²) in [6.07, 6.45) is 0. The summed E-state index contributed by atoms with van der Waals surface area (Å²) in [5.41, 5.74) is 6.51. The van der Waals surface area contributed by atoms with Crippen LogP contribution in [-0.2, 0) is 0 Å². The first-order chi connectivity index (χ1) is 10.0. The maximum Gasteiger partial charge on any atom is 0.311 e. The van der Waals surface area contributed by atoms with Gasteiger partial charge in [0.1, 0.15) is 11.5 Å². The number of benzene rings is 2. The molecule has 0 radical (unpaired) electrons. The van der Waals surface area contributed by atoms with Gasteiger partial charge < -0.3 is 15.2 Å². The fourth-order valence-electron chi connectivity index (χ4n) is 2.05. The van der Waals surface area contributed by atoms with Crippen molar-refractivity contribution >= 4 is 5.69 Å². The van der Waals surface area contributed by atoms with Gasteiger partial charge in [0.25, 0.3) is 0 Å². The molecule has 2 aromatic rings. The highest BCUT2D eigenvalue weighted by molar-refractivity contribution is 5.52. The van der Waals surface area contributed by atoms with Crippen molar-refractivity contribution in [3.8, 4) is 17.2 Å². The molecule has 0 aliphatic carbocycles. The second-order valence-corrected chi connectivity index (χ2v) is 4.49. The number of nitro benzene ring substituents is 1. The number of ether oxygens (including phenoxy) is 2. The molecule has 0 amide bonds. The molecule has 0 aromatic heterocycles. The van der Waals surface area contributed by atoms with Crippen LogP contribution < -0.4 is 15.2 Å². The molecule has 2 N–H and O–H groups in total. The molecule has 1 atom stereocenters. The summed E-state index contributed by atoms with van der Waals surface area (Å²) < 4.78 is 11.0. The number of hydrogen-bond donors (Lipinski definition) is 1. The van der Waals surface area contributed by atoms with E-state index in [1.54, 1.807) is 43.3 Å². The van der Waals surface area contributed by atoms with Crippen molar-refractivity contribution in [3.05, 3.63) is 58.1 Å². The normalized spacial score (nSPS) is 11.8. The monoisotopic (exact) mass is 288 g/mol. The highest BCUT2D eigenvalue weighted by atomic mass is 16.6. The van der Waals surface area contributed by atoms with E-state index >= 15 is 0 Å². The Bertz CT molecular complexity index is 656. The zero-order chi connectivity index (χ0) is 15.4. The van der Waals surface area contributed by atoms with Gasteiger partial charge in [0.2, 0.25) is 5.75 Å². The molecular weight excluding hydrogens is 272 g/mol. The summed E-state index contributed by atoms with van der Waals surface area (Å²) in [6.45, 7) is 1.80. The highest BCUT2D eigenvalue weighted by Crippen LogP contribution is 2.38. The average Bonchev–Trinajstić information content (AvgIpc) is 2.47. The first-order valence-corrected chi connectivity index (χ1v) is 6.38. The van der Waals surface area contributed by atoms with Gasteiger partial charge in [-0.2, -0.15) is 0 Å². The standard InChI is InChI=1S/C15H16N2O4/c1-10(16)15-13(20-2)8-5-9-14(15)21-12-7-4-3-6-11(12)17(18)19/h3-10H,16H2,1-2H3. The largest absolute Gasteiger partial charge is 0.496 e. The number of nitro groups is 1. The molecule has 21 heavy (non-hydrogen) atoms. The zero-order valence-electron chi connectivity index (χ0n) is 11.8. The van der Waals surface area contributed by atoms with Crippen LogP contribution in [0.4, 0.5) is 5.69 Å². The van der Waals surface area contributed by atoms with Gasteiger partial charge in [-0.15, -0.1) is 0 Å². The van der Waals surface area contributed by atoms with Crippen LogP contribution in [0.1, 0.15) is 18.5 Å². The van der Waals surface area contributed by atoms with E-state index in [2.05, 4.69) is 0 Å². The van der Waals surface area contributed by atoms with E-state index in [-0.39, 0.29) is 17.5 Å². The van der Waals surface area contributed by atoms with Gasteiger partial charge in [0.15, 0.2) is 0 Å². The minimum atomic E-state index is -0.485. The summed E-state index contributed by atoms with van der Waals surface area (Å²) in [5, 5.41) is 11.0. The molecule has 0 aliphatic rings. The molecule has 1 unspecified atom stereocenters. The predicted molar refractivity (Wildman–Crippen MR) is 78.8 cm³/mol. The van der Waals surface area contributed by atoms with E-state index < -0.39 is 4.92 Å². The molecule has 6 heteroatoms. The minimum absolute atomic E-state index is 0.101. The van der Waals surface area contributed by atoms with E-state index in [0.717, 1.165) is 0 Å². The number of para-hydroxylation sites is 2. The molecule has 0 bridgehead atoms. The van der Waals surface area contributed by atoms with Gasteiger partial charge in [-0.1, -0.05) is 18.2 Å². The summed E-state index contributed by atoms with van der Waals surface area (Å²) in [7, 11) is 1.54. The molecule has 0 saturated carbocycles. The molecule has 0 saturated heterocycles. The van der Waals surface area contributed by atoms with E-state index in [1.807, 2.05) is 0 Å². The lowest BCUT2D eigenvalue weighted by atomic mass is 10.1. The molecule has 0 heterocycles. The SMILES string of the molecule is COc1cccc(Oc2ccccc2[N+](=O)[O-])c1C(C)N. The summed E-state index contributed by atoms with van der Waals surface area (Å²) >= 11 is 0. The smallest absolute Gasteiger partial charge is 0.311 e. The lowest BCUT2D eigenvalue weighted by Gasteiger charge is -2.17. The number of hydrogen-bond acceptors (Lipinski definition) is 5. The lowest BCUT2D eigenvalue weighted by Crippen LogP contribution is -2.09. The number of rotatable bonds is 5. The Kier molecular flexibility index (Phi) is 4.39. The van der Waals surface area contributed by atoms with E-state index in [1.165, 1.54) is 13.2 Å². The van der Waals surface area contributed by atoms with Crippen LogP contribution in [0.5, 0.6) is 17.2 Å². The van der Waals surface area contributed by atoms with E-state index in [9.17, 15) is 10.1 Å². The molecule has 0 fully saturated rings. The second kappa shape index (κ2) is 6.23. The van der Waals surface area contributed by atoms with E-state index in [4.69, 9.17) is 15.2 Å². The molecule has 0 aliphatic heterocycles. The Morgan fingerprint density at radius 1 is 1.10 bits per heavy atom. The predicted octanol–water partition coefficient (Wildman–Crippen LogP) is 3.42. The molecular formula is C15H16N2O4. The third-order valence-electron chi connectivity index (χ3n) is 2.98. The minimum Gasteiger partial charge on any atom is -0.496 e. The maximum absolute atomic E-state index is 11.0. The Morgan fingerprint density at radius 3 is 2.33 bits per heavy atom. The van der Waals surface area contributed by atoms with Crippen molar-refractivity contribution in [1.29, 1.82) is 0 Å². The van der Waals surface area contributed by atoms with Crippen molar-refractivity contribution in [2.45, 2.75) is 13.0 Å². The van der Waals surface area contributed by atoms with Crippen LogP contribution in [0.15, 0.2) is 42.5 Å². The first kappa shape index (κ1) is 14.8.